The van der Waals surface area contributed by atoms with E-state index in [1.165, 1.54) is 20.1 Å². The van der Waals surface area contributed by atoms with Gasteiger partial charge in [0, 0.05) is 12.1 Å². The zero-order valence-corrected chi connectivity index (χ0v) is 22.7. The van der Waals surface area contributed by atoms with E-state index in [2.05, 4.69) is 0 Å². The second-order valence-electron chi connectivity index (χ2n) is 10.5. The zero-order valence-electron chi connectivity index (χ0n) is 22.7. The van der Waals surface area contributed by atoms with E-state index in [0.29, 0.717) is 11.3 Å². The molecule has 0 amide bonds. The number of fused-ring (bicyclic) bond motifs is 1. The minimum absolute atomic E-state index is 0.0164. The van der Waals surface area contributed by atoms with E-state index in [4.69, 9.17) is 28.4 Å². The smallest absolute Gasteiger partial charge is 0.229 e. The van der Waals surface area contributed by atoms with Crippen molar-refractivity contribution >= 4 is 5.78 Å². The van der Waals surface area contributed by atoms with Crippen LogP contribution in [0, 0.1) is 0 Å². The van der Waals surface area contributed by atoms with Crippen LogP contribution in [0.4, 0.5) is 0 Å². The number of aliphatic hydroxyl groups excluding tert-OH is 6. The predicted octanol–water partition coefficient (Wildman–Crippen LogP) is -0.862. The van der Waals surface area contributed by atoms with Crippen LogP contribution >= 0.6 is 0 Å². The predicted molar refractivity (Wildman–Crippen MR) is 139 cm³/mol. The molecular weight excluding hydrogens is 560 g/mol. The fourth-order valence-corrected chi connectivity index (χ4v) is 5.11. The van der Waals surface area contributed by atoms with Gasteiger partial charge in [-0.05, 0) is 24.6 Å². The Morgan fingerprint density at radius 2 is 1.50 bits per heavy atom. The molecule has 0 spiro atoms. The maximum Gasteiger partial charge on any atom is 0.229 e. The number of ketones is 1. The number of carbonyl (C=O) groups is 1. The number of aliphatic hydroxyl groups is 6. The van der Waals surface area contributed by atoms with Crippen LogP contribution in [0.25, 0.3) is 0 Å². The lowest BCUT2D eigenvalue weighted by Crippen LogP contribution is -2.61. The second-order valence-corrected chi connectivity index (χ2v) is 10.5. The van der Waals surface area contributed by atoms with Gasteiger partial charge in [0.15, 0.2) is 12.1 Å². The molecule has 0 unspecified atom stereocenters. The van der Waals surface area contributed by atoms with Gasteiger partial charge in [-0.1, -0.05) is 12.1 Å². The Kier molecular flexibility index (Phi) is 8.89. The van der Waals surface area contributed by atoms with Gasteiger partial charge < -0.3 is 64.2 Å². The molecule has 14 heteroatoms. The summed E-state index contributed by atoms with van der Waals surface area (Å²) in [5.74, 6) is -0.190. The second kappa shape index (κ2) is 12.3. The maximum absolute atomic E-state index is 12.9. The summed E-state index contributed by atoms with van der Waals surface area (Å²) < 4.78 is 33.4. The minimum Gasteiger partial charge on any atom is -0.507 e. The largest absolute Gasteiger partial charge is 0.507 e. The van der Waals surface area contributed by atoms with E-state index < -0.39 is 79.9 Å². The Hall–Kier alpha value is -3.05. The third-order valence-electron chi connectivity index (χ3n) is 7.62. The first kappa shape index (κ1) is 30.4. The molecule has 0 radical (unpaired) electrons. The summed E-state index contributed by atoms with van der Waals surface area (Å²) in [6, 6.07) is 9.43. The number of phenolic OH excluding ortho intramolecular Hbond substituents is 1. The van der Waals surface area contributed by atoms with Gasteiger partial charge in [-0.3, -0.25) is 4.79 Å². The highest BCUT2D eigenvalue weighted by atomic mass is 16.7. The molecule has 3 aliphatic heterocycles. The van der Waals surface area contributed by atoms with E-state index in [0.717, 1.165) is 6.07 Å². The molecule has 230 valence electrons. The summed E-state index contributed by atoms with van der Waals surface area (Å²) in [6.07, 6.45) is -15.4. The van der Waals surface area contributed by atoms with E-state index in [-0.39, 0.29) is 29.3 Å². The lowest BCUT2D eigenvalue weighted by Gasteiger charge is -2.42. The molecule has 11 atom stereocenters. The molecule has 5 rings (SSSR count). The van der Waals surface area contributed by atoms with Gasteiger partial charge in [-0.25, -0.2) is 0 Å². The van der Waals surface area contributed by atoms with Crippen LogP contribution < -0.4 is 14.2 Å². The number of Topliss-reactive ketones (excluding diaryl/α,β-unsaturated/α-hetero) is 1. The number of hydrogen-bond acceptors (Lipinski definition) is 14. The first-order valence-corrected chi connectivity index (χ1v) is 13.4. The number of hydrogen-bond donors (Lipinski definition) is 7. The number of carbonyl (C=O) groups excluding carboxylic acids is 1. The lowest BCUT2D eigenvalue weighted by molar-refractivity contribution is -0.318. The molecule has 14 nitrogen and oxygen atoms in total. The Bertz CT molecular complexity index is 1250. The minimum atomic E-state index is -1.75. The summed E-state index contributed by atoms with van der Waals surface area (Å²) in [4.78, 5) is 12.9. The standard InChI is InChI=1S/C28H34O14/c1-11-21(31)23(33)25(35)27(39-11)38-10-19-22(32)24(34)26(36)28(42-19)40-14-7-15(29)20-16(30)9-17(41-18(20)8-14)12-3-5-13(37-2)6-4-12/h3-8,11,17,19,21-29,31-36H,9-10H2,1-2H3/t11-,17-,19+,21-,22+,23-,24-,25+,26+,27+,28+/m0/s1. The maximum atomic E-state index is 12.9. The molecule has 2 fully saturated rings. The van der Waals surface area contributed by atoms with Crippen LogP contribution in [0.15, 0.2) is 36.4 Å². The molecule has 0 bridgehead atoms. The van der Waals surface area contributed by atoms with Crippen molar-refractivity contribution < 1.29 is 69.0 Å². The van der Waals surface area contributed by atoms with Crippen molar-refractivity contribution in [1.82, 2.24) is 0 Å². The van der Waals surface area contributed by atoms with Crippen LogP contribution in [0.5, 0.6) is 23.0 Å². The molecule has 2 aromatic carbocycles. The Morgan fingerprint density at radius 3 is 2.19 bits per heavy atom. The van der Waals surface area contributed by atoms with E-state index in [9.17, 15) is 40.5 Å². The highest BCUT2D eigenvalue weighted by Crippen LogP contribution is 2.42. The topological polar surface area (TPSA) is 214 Å². The third-order valence-corrected chi connectivity index (χ3v) is 7.62. The zero-order chi connectivity index (χ0) is 30.3. The number of rotatable bonds is 7. The van der Waals surface area contributed by atoms with Crippen LogP contribution in [0.2, 0.25) is 0 Å². The molecule has 3 heterocycles. The van der Waals surface area contributed by atoms with Crippen LogP contribution in [0.1, 0.15) is 35.4 Å². The van der Waals surface area contributed by atoms with Crippen LogP contribution in [-0.2, 0) is 14.2 Å². The number of ether oxygens (including phenoxy) is 6. The van der Waals surface area contributed by atoms with Crippen molar-refractivity contribution in [3.63, 3.8) is 0 Å². The van der Waals surface area contributed by atoms with Gasteiger partial charge in [0.1, 0.15) is 77.4 Å². The molecule has 2 aromatic rings. The van der Waals surface area contributed by atoms with Crippen molar-refractivity contribution in [2.75, 3.05) is 13.7 Å². The van der Waals surface area contributed by atoms with Crippen LogP contribution in [-0.4, -0.2) is 117 Å². The summed E-state index contributed by atoms with van der Waals surface area (Å²) in [5.41, 5.74) is 0.668. The van der Waals surface area contributed by atoms with Gasteiger partial charge in [0.25, 0.3) is 0 Å². The molecule has 42 heavy (non-hydrogen) atoms. The van der Waals surface area contributed by atoms with Crippen LogP contribution in [0.3, 0.4) is 0 Å². The third kappa shape index (κ3) is 5.90. The molecule has 0 aromatic heterocycles. The Labute approximate surface area is 240 Å². The fourth-order valence-electron chi connectivity index (χ4n) is 5.11. The van der Waals surface area contributed by atoms with Crippen molar-refractivity contribution in [1.29, 1.82) is 0 Å². The molecule has 0 saturated carbocycles. The summed E-state index contributed by atoms with van der Waals surface area (Å²) in [7, 11) is 1.53. The molecule has 3 aliphatic rings. The fraction of sp³-hybridized carbons (Fsp3) is 0.536. The number of aromatic hydroxyl groups is 1. The molecule has 0 aliphatic carbocycles. The number of phenols is 1. The molecule has 2 saturated heterocycles. The van der Waals surface area contributed by atoms with Crippen molar-refractivity contribution in [2.45, 2.75) is 80.9 Å². The summed E-state index contributed by atoms with van der Waals surface area (Å²) in [6.45, 7) is 0.995. The quantitative estimate of drug-likeness (QED) is 0.208. The number of methoxy groups -OCH3 is 1. The first-order chi connectivity index (χ1) is 20.0. The summed E-state index contributed by atoms with van der Waals surface area (Å²) in [5, 5.41) is 72.1. The molecule has 7 N–H and O–H groups in total. The van der Waals surface area contributed by atoms with Crippen molar-refractivity contribution in [3.05, 3.63) is 47.5 Å². The summed E-state index contributed by atoms with van der Waals surface area (Å²) >= 11 is 0. The van der Waals surface area contributed by atoms with Crippen molar-refractivity contribution in [3.8, 4) is 23.0 Å². The SMILES string of the molecule is COc1ccc([C@@H]2CC(=O)c3c(O)cc(O[C@@H]4O[C@H](CO[C@@H]5O[C@@H](C)[C@H](O)[C@H](O)[C@H]5O)[C@@H](O)[C@H](O)[C@H]4O)cc3O2)cc1. The number of benzene rings is 2. The van der Waals surface area contributed by atoms with Gasteiger partial charge in [0.2, 0.25) is 6.29 Å². The monoisotopic (exact) mass is 594 g/mol. The van der Waals surface area contributed by atoms with Gasteiger partial charge in [-0.15, -0.1) is 0 Å². The van der Waals surface area contributed by atoms with Gasteiger partial charge in [-0.2, -0.15) is 0 Å². The average Bonchev–Trinajstić information content (AvgIpc) is 2.97. The highest BCUT2D eigenvalue weighted by molar-refractivity contribution is 6.02. The Morgan fingerprint density at radius 1 is 0.833 bits per heavy atom. The van der Waals surface area contributed by atoms with E-state index in [1.54, 1.807) is 24.3 Å². The lowest BCUT2D eigenvalue weighted by atomic mass is 9.95. The highest BCUT2D eigenvalue weighted by Gasteiger charge is 2.47. The average molecular weight is 595 g/mol. The normalized spacial score (nSPS) is 36.6. The van der Waals surface area contributed by atoms with Gasteiger partial charge in [0.05, 0.1) is 26.2 Å². The first-order valence-electron chi connectivity index (χ1n) is 13.4. The van der Waals surface area contributed by atoms with Gasteiger partial charge >= 0.3 is 0 Å². The Balaban J connectivity index is 1.29. The van der Waals surface area contributed by atoms with Crippen molar-refractivity contribution in [2.24, 2.45) is 0 Å². The van der Waals surface area contributed by atoms with E-state index in [1.807, 2.05) is 0 Å². The van der Waals surface area contributed by atoms with E-state index >= 15 is 0 Å². The molecular formula is C28H34O14.